The van der Waals surface area contributed by atoms with Gasteiger partial charge in [-0.15, -0.1) is 0 Å². The van der Waals surface area contributed by atoms with Crippen molar-refractivity contribution in [3.8, 4) is 0 Å². The molecule has 0 radical (unpaired) electrons. The molecule has 0 aromatic carbocycles. The smallest absolute Gasteiger partial charge is 0.237 e. The number of hydrogen-bond donors (Lipinski definition) is 2. The number of likely N-dealkylation sites (tertiary alicyclic amines) is 1. The first-order chi connectivity index (χ1) is 8.54. The van der Waals surface area contributed by atoms with Crippen molar-refractivity contribution in [2.75, 3.05) is 13.1 Å². The van der Waals surface area contributed by atoms with Crippen molar-refractivity contribution in [1.82, 2.24) is 10.2 Å². The molecule has 2 rings (SSSR count). The van der Waals surface area contributed by atoms with E-state index in [-0.39, 0.29) is 17.5 Å². The van der Waals surface area contributed by atoms with Crippen LogP contribution in [0, 0.1) is 0 Å². The van der Waals surface area contributed by atoms with Gasteiger partial charge in [-0.2, -0.15) is 0 Å². The molecule has 2 fully saturated rings. The first-order valence-corrected chi connectivity index (χ1v) is 7.37. The maximum Gasteiger partial charge on any atom is 0.237 e. The number of nitrogens with zero attached hydrogens (tertiary/aromatic N) is 1. The van der Waals surface area contributed by atoms with Crippen molar-refractivity contribution < 1.29 is 4.79 Å². The average molecular weight is 253 g/mol. The van der Waals surface area contributed by atoms with Gasteiger partial charge in [0.2, 0.25) is 5.91 Å². The molecule has 1 saturated heterocycles. The molecule has 4 heteroatoms. The zero-order valence-corrected chi connectivity index (χ0v) is 11.7. The number of amides is 1. The lowest BCUT2D eigenvalue weighted by Gasteiger charge is -2.50. The Hall–Kier alpha value is -0.610. The van der Waals surface area contributed by atoms with E-state index in [0.29, 0.717) is 6.04 Å². The number of hydrogen-bond acceptors (Lipinski definition) is 3. The van der Waals surface area contributed by atoms with E-state index >= 15 is 0 Å². The summed E-state index contributed by atoms with van der Waals surface area (Å²) < 4.78 is 0. The molecular formula is C14H27N3O. The minimum atomic E-state index is -0.0450. The maximum atomic E-state index is 12.1. The topological polar surface area (TPSA) is 58.4 Å². The highest BCUT2D eigenvalue weighted by Crippen LogP contribution is 2.25. The van der Waals surface area contributed by atoms with Gasteiger partial charge in [-0.1, -0.05) is 26.2 Å². The van der Waals surface area contributed by atoms with Crippen molar-refractivity contribution in [2.24, 2.45) is 5.73 Å². The fourth-order valence-electron chi connectivity index (χ4n) is 3.25. The Kier molecular flexibility index (Phi) is 4.28. The van der Waals surface area contributed by atoms with Gasteiger partial charge in [0.05, 0.1) is 6.04 Å². The lowest BCUT2D eigenvalue weighted by molar-refractivity contribution is -0.129. The predicted octanol–water partition coefficient (Wildman–Crippen LogP) is 1.25. The number of carbonyl (C=O) groups is 1. The minimum Gasteiger partial charge on any atom is -0.352 e. The summed E-state index contributed by atoms with van der Waals surface area (Å²) in [5, 5.41) is 3.17. The molecule has 1 aliphatic carbocycles. The lowest BCUT2D eigenvalue weighted by Crippen LogP contribution is -2.70. The quantitative estimate of drug-likeness (QED) is 0.775. The van der Waals surface area contributed by atoms with Gasteiger partial charge in [-0.05, 0) is 26.2 Å². The summed E-state index contributed by atoms with van der Waals surface area (Å²) in [7, 11) is 0. The van der Waals surface area contributed by atoms with E-state index < -0.39 is 0 Å². The Morgan fingerprint density at radius 2 is 2.06 bits per heavy atom. The summed E-state index contributed by atoms with van der Waals surface area (Å²) in [6.07, 6.45) is 6.98. The van der Waals surface area contributed by atoms with Crippen LogP contribution in [0.1, 0.15) is 52.4 Å². The molecule has 4 nitrogen and oxygen atoms in total. The van der Waals surface area contributed by atoms with Crippen molar-refractivity contribution in [1.29, 1.82) is 0 Å². The van der Waals surface area contributed by atoms with Gasteiger partial charge in [-0.3, -0.25) is 9.69 Å². The van der Waals surface area contributed by atoms with E-state index in [1.54, 1.807) is 0 Å². The Labute approximate surface area is 110 Å². The zero-order valence-electron chi connectivity index (χ0n) is 11.7. The van der Waals surface area contributed by atoms with Crippen LogP contribution < -0.4 is 11.1 Å². The van der Waals surface area contributed by atoms with Crippen LogP contribution in [-0.2, 0) is 4.79 Å². The van der Waals surface area contributed by atoms with Crippen LogP contribution in [0.2, 0.25) is 0 Å². The molecule has 18 heavy (non-hydrogen) atoms. The molecule has 1 atom stereocenters. The van der Waals surface area contributed by atoms with Crippen molar-refractivity contribution in [3.63, 3.8) is 0 Å². The van der Waals surface area contributed by atoms with Gasteiger partial charge < -0.3 is 11.1 Å². The summed E-state index contributed by atoms with van der Waals surface area (Å²) >= 11 is 0. The van der Waals surface area contributed by atoms with Crippen molar-refractivity contribution >= 4 is 5.91 Å². The molecule has 0 aromatic rings. The summed E-state index contributed by atoms with van der Waals surface area (Å²) in [6.45, 7) is 5.88. The molecule has 3 N–H and O–H groups in total. The molecule has 0 bridgehead atoms. The number of nitrogens with two attached hydrogens (primary N) is 1. The summed E-state index contributed by atoms with van der Waals surface area (Å²) in [6, 6.07) is 0.388. The molecule has 1 saturated carbocycles. The van der Waals surface area contributed by atoms with E-state index in [4.69, 9.17) is 5.73 Å². The monoisotopic (exact) mass is 253 g/mol. The Bertz CT molecular complexity index is 293. The van der Waals surface area contributed by atoms with Gasteiger partial charge >= 0.3 is 0 Å². The van der Waals surface area contributed by atoms with Crippen LogP contribution in [0.3, 0.4) is 0 Å². The van der Waals surface area contributed by atoms with E-state index in [9.17, 15) is 4.79 Å². The van der Waals surface area contributed by atoms with Gasteiger partial charge in [-0.25, -0.2) is 0 Å². The van der Waals surface area contributed by atoms with Crippen molar-refractivity contribution in [3.05, 3.63) is 0 Å². The molecule has 1 heterocycles. The fourth-order valence-corrected chi connectivity index (χ4v) is 3.25. The highest BCUT2D eigenvalue weighted by Gasteiger charge is 2.42. The van der Waals surface area contributed by atoms with E-state index in [0.717, 1.165) is 38.8 Å². The van der Waals surface area contributed by atoms with Crippen LogP contribution in [0.5, 0.6) is 0 Å². The van der Waals surface area contributed by atoms with Gasteiger partial charge in [0.15, 0.2) is 0 Å². The molecule has 1 unspecified atom stereocenters. The van der Waals surface area contributed by atoms with E-state index in [2.05, 4.69) is 17.1 Å². The Balaban J connectivity index is 1.74. The minimum absolute atomic E-state index is 0.0286. The van der Waals surface area contributed by atoms with Crippen LogP contribution in [0.15, 0.2) is 0 Å². The lowest BCUT2D eigenvalue weighted by atomic mass is 9.85. The van der Waals surface area contributed by atoms with E-state index in [1.807, 2.05) is 6.92 Å². The molecular weight excluding hydrogens is 226 g/mol. The fraction of sp³-hybridized carbons (Fsp3) is 0.929. The largest absolute Gasteiger partial charge is 0.352 e. The summed E-state index contributed by atoms with van der Waals surface area (Å²) in [5.41, 5.74) is 6.19. The average Bonchev–Trinajstić information content (AvgIpc) is 2.77. The first-order valence-electron chi connectivity index (χ1n) is 7.37. The second kappa shape index (κ2) is 5.57. The third kappa shape index (κ3) is 3.04. The molecule has 2 aliphatic rings. The normalized spacial score (nSPS) is 25.7. The third-order valence-electron chi connectivity index (χ3n) is 4.41. The Morgan fingerprint density at radius 3 is 2.61 bits per heavy atom. The summed E-state index contributed by atoms with van der Waals surface area (Å²) in [5.74, 6) is 0.181. The molecule has 0 aromatic heterocycles. The highest BCUT2D eigenvalue weighted by atomic mass is 16.2. The van der Waals surface area contributed by atoms with E-state index in [1.165, 1.54) is 12.8 Å². The van der Waals surface area contributed by atoms with Gasteiger partial charge in [0.1, 0.15) is 0 Å². The van der Waals surface area contributed by atoms with Crippen LogP contribution in [0.25, 0.3) is 0 Å². The van der Waals surface area contributed by atoms with Crippen LogP contribution in [0.4, 0.5) is 0 Å². The summed E-state index contributed by atoms with van der Waals surface area (Å²) in [4.78, 5) is 14.3. The third-order valence-corrected chi connectivity index (χ3v) is 4.41. The van der Waals surface area contributed by atoms with Crippen LogP contribution >= 0.6 is 0 Å². The molecule has 0 spiro atoms. The zero-order chi connectivity index (χ0) is 13.2. The SMILES string of the molecule is CCCC1(N)CN(C(C)C(=O)NC2CCCC2)C1. The van der Waals surface area contributed by atoms with Crippen molar-refractivity contribution in [2.45, 2.75) is 70.0 Å². The number of nitrogens with one attached hydrogen (secondary N) is 1. The van der Waals surface area contributed by atoms with Gasteiger partial charge in [0.25, 0.3) is 0 Å². The maximum absolute atomic E-state index is 12.1. The molecule has 1 amide bonds. The number of rotatable bonds is 5. The van der Waals surface area contributed by atoms with Crippen LogP contribution in [-0.4, -0.2) is 41.5 Å². The second-order valence-corrected chi connectivity index (χ2v) is 6.18. The highest BCUT2D eigenvalue weighted by molar-refractivity contribution is 5.81. The molecule has 104 valence electrons. The van der Waals surface area contributed by atoms with Gasteiger partial charge in [0, 0.05) is 24.7 Å². The number of carbonyl (C=O) groups excluding carboxylic acids is 1. The standard InChI is InChI=1S/C14H27N3O/c1-3-8-14(15)9-17(10-14)11(2)13(18)16-12-6-4-5-7-12/h11-12H,3-10,15H2,1-2H3,(H,16,18). The molecule has 1 aliphatic heterocycles. The first kappa shape index (κ1) is 13.8. The predicted molar refractivity (Wildman–Crippen MR) is 73.3 cm³/mol. The Morgan fingerprint density at radius 1 is 1.44 bits per heavy atom. The second-order valence-electron chi connectivity index (χ2n) is 6.18.